The number of hydrogen-bond donors (Lipinski definition) is 0. The second kappa shape index (κ2) is 8.74. The Balaban J connectivity index is 1.40. The number of hydrogen-bond acceptors (Lipinski definition) is 3. The molecule has 0 radical (unpaired) electrons. The first-order chi connectivity index (χ1) is 16.0. The van der Waals surface area contributed by atoms with Gasteiger partial charge in [0.2, 0.25) is 5.91 Å². The first-order valence-corrected chi connectivity index (χ1v) is 11.5. The number of anilines is 1. The van der Waals surface area contributed by atoms with E-state index in [1.165, 1.54) is 11.1 Å². The minimum atomic E-state index is 0.0482. The van der Waals surface area contributed by atoms with Crippen molar-refractivity contribution in [1.29, 1.82) is 0 Å². The molecule has 1 saturated heterocycles. The molecule has 0 N–H and O–H groups in total. The van der Waals surface area contributed by atoms with Gasteiger partial charge >= 0.3 is 0 Å². The second-order valence-corrected chi connectivity index (χ2v) is 8.95. The molecule has 4 aromatic rings. The van der Waals surface area contributed by atoms with E-state index in [-0.39, 0.29) is 11.8 Å². The van der Waals surface area contributed by atoms with Crippen LogP contribution >= 0.6 is 0 Å². The summed E-state index contributed by atoms with van der Waals surface area (Å²) in [7, 11) is 0. The predicted molar refractivity (Wildman–Crippen MR) is 132 cm³/mol. The van der Waals surface area contributed by atoms with Crippen LogP contribution in [0.5, 0.6) is 5.75 Å². The Labute approximate surface area is 194 Å². The Kier molecular flexibility index (Phi) is 5.63. The first kappa shape index (κ1) is 21.3. The molecule has 5 heteroatoms. The highest BCUT2D eigenvalue weighted by Gasteiger charge is 2.34. The number of carbonyl (C=O) groups is 1. The molecule has 3 aromatic carbocycles. The van der Waals surface area contributed by atoms with Crippen LogP contribution < -0.4 is 9.64 Å². The van der Waals surface area contributed by atoms with Crippen molar-refractivity contribution < 1.29 is 9.53 Å². The van der Waals surface area contributed by atoms with Gasteiger partial charge in [0.05, 0.1) is 17.6 Å². The molecule has 1 aromatic heterocycles. The zero-order valence-corrected chi connectivity index (χ0v) is 19.4. The molecule has 1 unspecified atom stereocenters. The SMILES string of the molecule is Cc1cccc(N2CC(c3nc4ccccc4n3CCOc3ccc(C)c(C)c3)CC2=O)c1. The third-order valence-electron chi connectivity index (χ3n) is 6.55. The summed E-state index contributed by atoms with van der Waals surface area (Å²) in [6.45, 7) is 8.11. The van der Waals surface area contributed by atoms with Crippen molar-refractivity contribution in [3.8, 4) is 5.75 Å². The third-order valence-corrected chi connectivity index (χ3v) is 6.55. The van der Waals surface area contributed by atoms with Crippen LogP contribution in [0.3, 0.4) is 0 Å². The molecule has 0 aliphatic carbocycles. The fourth-order valence-corrected chi connectivity index (χ4v) is 4.63. The van der Waals surface area contributed by atoms with Gasteiger partial charge < -0.3 is 14.2 Å². The van der Waals surface area contributed by atoms with E-state index in [2.05, 4.69) is 55.7 Å². The number of ether oxygens (including phenoxy) is 1. The molecule has 5 nitrogen and oxygen atoms in total. The fraction of sp³-hybridized carbons (Fsp3) is 0.286. The highest BCUT2D eigenvalue weighted by atomic mass is 16.5. The summed E-state index contributed by atoms with van der Waals surface area (Å²) < 4.78 is 8.31. The number of carbonyl (C=O) groups excluding carboxylic acids is 1. The lowest BCUT2D eigenvalue weighted by atomic mass is 10.1. The molecule has 1 aliphatic heterocycles. The maximum atomic E-state index is 12.9. The van der Waals surface area contributed by atoms with Gasteiger partial charge in [0.25, 0.3) is 0 Å². The van der Waals surface area contributed by atoms with Crippen LogP contribution in [0.4, 0.5) is 5.69 Å². The maximum Gasteiger partial charge on any atom is 0.227 e. The zero-order chi connectivity index (χ0) is 22.9. The van der Waals surface area contributed by atoms with E-state index < -0.39 is 0 Å². The summed E-state index contributed by atoms with van der Waals surface area (Å²) in [6.07, 6.45) is 0.468. The molecule has 2 heterocycles. The Morgan fingerprint density at radius 1 is 0.970 bits per heavy atom. The maximum absolute atomic E-state index is 12.9. The summed E-state index contributed by atoms with van der Waals surface area (Å²) in [6, 6.07) is 22.5. The standard InChI is InChI=1S/C28H29N3O2/c1-19-7-6-8-23(15-19)31-18-22(17-27(31)32)28-29-25-9-4-5-10-26(25)30(28)13-14-33-24-12-11-20(2)21(3)16-24/h4-12,15-16,22H,13-14,17-18H2,1-3H3. The minimum Gasteiger partial charge on any atom is -0.492 e. The van der Waals surface area contributed by atoms with Crippen LogP contribution in [0.1, 0.15) is 34.9 Å². The molecular formula is C28H29N3O2. The van der Waals surface area contributed by atoms with Crippen LogP contribution in [0.2, 0.25) is 0 Å². The van der Waals surface area contributed by atoms with Crippen LogP contribution in [-0.4, -0.2) is 28.6 Å². The minimum absolute atomic E-state index is 0.0482. The van der Waals surface area contributed by atoms with Crippen molar-refractivity contribution >= 4 is 22.6 Å². The summed E-state index contributed by atoms with van der Waals surface area (Å²) in [4.78, 5) is 19.8. The molecule has 0 spiro atoms. The second-order valence-electron chi connectivity index (χ2n) is 8.95. The van der Waals surface area contributed by atoms with E-state index in [1.807, 2.05) is 41.3 Å². The highest BCUT2D eigenvalue weighted by Crippen LogP contribution is 2.33. The van der Waals surface area contributed by atoms with E-state index in [9.17, 15) is 4.79 Å². The predicted octanol–water partition coefficient (Wildman–Crippen LogP) is 5.56. The average molecular weight is 440 g/mol. The van der Waals surface area contributed by atoms with Gasteiger partial charge in [-0.1, -0.05) is 30.3 Å². The molecule has 1 aliphatic rings. The summed E-state index contributed by atoms with van der Waals surface area (Å²) in [5.41, 5.74) is 6.64. The Morgan fingerprint density at radius 2 is 1.82 bits per heavy atom. The number of rotatable bonds is 6. The van der Waals surface area contributed by atoms with E-state index in [0.29, 0.717) is 26.1 Å². The molecule has 1 fully saturated rings. The molecule has 0 saturated carbocycles. The van der Waals surface area contributed by atoms with Crippen molar-refractivity contribution in [3.63, 3.8) is 0 Å². The zero-order valence-electron chi connectivity index (χ0n) is 19.4. The summed E-state index contributed by atoms with van der Waals surface area (Å²) >= 11 is 0. The van der Waals surface area contributed by atoms with Crippen LogP contribution in [-0.2, 0) is 11.3 Å². The van der Waals surface area contributed by atoms with Gasteiger partial charge in [0.15, 0.2) is 0 Å². The normalized spacial score (nSPS) is 16.0. The smallest absolute Gasteiger partial charge is 0.227 e. The summed E-state index contributed by atoms with van der Waals surface area (Å²) in [5, 5.41) is 0. The quantitative estimate of drug-likeness (QED) is 0.395. The van der Waals surface area contributed by atoms with Gasteiger partial charge in [-0.25, -0.2) is 4.98 Å². The number of para-hydroxylation sites is 2. The Bertz CT molecular complexity index is 1320. The van der Waals surface area contributed by atoms with Gasteiger partial charge in [-0.15, -0.1) is 0 Å². The first-order valence-electron chi connectivity index (χ1n) is 11.5. The van der Waals surface area contributed by atoms with Crippen molar-refractivity contribution in [1.82, 2.24) is 9.55 Å². The number of imidazole rings is 1. The molecule has 1 atom stereocenters. The molecular weight excluding hydrogens is 410 g/mol. The monoisotopic (exact) mass is 439 g/mol. The Morgan fingerprint density at radius 3 is 2.64 bits per heavy atom. The number of nitrogens with zero attached hydrogens (tertiary/aromatic N) is 3. The molecule has 0 bridgehead atoms. The van der Waals surface area contributed by atoms with Gasteiger partial charge in [-0.3, -0.25) is 4.79 Å². The van der Waals surface area contributed by atoms with E-state index in [4.69, 9.17) is 9.72 Å². The third kappa shape index (κ3) is 4.23. The van der Waals surface area contributed by atoms with Crippen molar-refractivity contribution in [2.45, 2.75) is 39.7 Å². The van der Waals surface area contributed by atoms with Gasteiger partial charge in [-0.05, 0) is 73.9 Å². The van der Waals surface area contributed by atoms with E-state index in [0.717, 1.165) is 33.9 Å². The van der Waals surface area contributed by atoms with Gasteiger partial charge in [0, 0.05) is 24.6 Å². The van der Waals surface area contributed by atoms with Gasteiger partial charge in [-0.2, -0.15) is 0 Å². The van der Waals surface area contributed by atoms with E-state index in [1.54, 1.807) is 0 Å². The lowest BCUT2D eigenvalue weighted by molar-refractivity contribution is -0.117. The molecule has 5 rings (SSSR count). The number of aryl methyl sites for hydroxylation is 3. The largest absolute Gasteiger partial charge is 0.492 e. The molecule has 1 amide bonds. The fourth-order valence-electron chi connectivity index (χ4n) is 4.63. The number of benzene rings is 3. The van der Waals surface area contributed by atoms with Crippen molar-refractivity contribution in [2.24, 2.45) is 0 Å². The number of amides is 1. The van der Waals surface area contributed by atoms with Crippen LogP contribution in [0.15, 0.2) is 66.7 Å². The Hall–Kier alpha value is -3.60. The average Bonchev–Trinajstić information content (AvgIpc) is 3.37. The number of aromatic nitrogens is 2. The van der Waals surface area contributed by atoms with Crippen molar-refractivity contribution in [3.05, 3.63) is 89.2 Å². The summed E-state index contributed by atoms with van der Waals surface area (Å²) in [5.74, 6) is 2.04. The van der Waals surface area contributed by atoms with Gasteiger partial charge in [0.1, 0.15) is 18.2 Å². The lowest BCUT2D eigenvalue weighted by Crippen LogP contribution is -2.24. The van der Waals surface area contributed by atoms with Crippen LogP contribution in [0, 0.1) is 20.8 Å². The number of fused-ring (bicyclic) bond motifs is 1. The topological polar surface area (TPSA) is 47.4 Å². The van der Waals surface area contributed by atoms with Crippen molar-refractivity contribution in [2.75, 3.05) is 18.1 Å². The lowest BCUT2D eigenvalue weighted by Gasteiger charge is -2.18. The molecule has 33 heavy (non-hydrogen) atoms. The van der Waals surface area contributed by atoms with E-state index >= 15 is 0 Å². The van der Waals surface area contributed by atoms with Crippen LogP contribution in [0.25, 0.3) is 11.0 Å². The highest BCUT2D eigenvalue weighted by molar-refractivity contribution is 5.96. The molecule has 168 valence electrons.